The minimum atomic E-state index is -0.298. The summed E-state index contributed by atoms with van der Waals surface area (Å²) in [6.45, 7) is 0.631. The van der Waals surface area contributed by atoms with Crippen LogP contribution in [0.15, 0.2) is 0 Å². The summed E-state index contributed by atoms with van der Waals surface area (Å²) in [6, 6.07) is 0.266. The third-order valence-corrected chi connectivity index (χ3v) is 4.80. The molecule has 0 unspecified atom stereocenters. The topological polar surface area (TPSA) is 75.7 Å². The molecular weight excluding hydrogens is 296 g/mol. The highest BCUT2D eigenvalue weighted by Crippen LogP contribution is 2.25. The highest BCUT2D eigenvalue weighted by atomic mass is 16.5. The van der Waals surface area contributed by atoms with Gasteiger partial charge in [-0.15, -0.1) is 0 Å². The lowest BCUT2D eigenvalue weighted by molar-refractivity contribution is -0.140. The van der Waals surface area contributed by atoms with E-state index in [4.69, 9.17) is 0 Å². The van der Waals surface area contributed by atoms with E-state index in [0.29, 0.717) is 31.8 Å². The van der Waals surface area contributed by atoms with Crippen LogP contribution in [-0.4, -0.2) is 48.4 Å². The maximum Gasteiger partial charge on any atom is 0.305 e. The van der Waals surface area contributed by atoms with Crippen LogP contribution < -0.4 is 5.32 Å². The third kappa shape index (κ3) is 5.52. The van der Waals surface area contributed by atoms with Crippen molar-refractivity contribution in [1.29, 1.82) is 0 Å². The molecule has 23 heavy (non-hydrogen) atoms. The zero-order valence-corrected chi connectivity index (χ0v) is 14.0. The number of ether oxygens (including phenoxy) is 1. The first-order chi connectivity index (χ1) is 11.1. The van der Waals surface area contributed by atoms with Crippen LogP contribution in [0.25, 0.3) is 0 Å². The number of amides is 2. The van der Waals surface area contributed by atoms with Gasteiger partial charge in [0, 0.05) is 31.8 Å². The van der Waals surface area contributed by atoms with Gasteiger partial charge in [-0.05, 0) is 19.3 Å². The molecule has 6 heteroatoms. The average molecular weight is 324 g/mol. The summed E-state index contributed by atoms with van der Waals surface area (Å²) in [7, 11) is 1.34. The second-order valence-electron chi connectivity index (χ2n) is 6.59. The van der Waals surface area contributed by atoms with Gasteiger partial charge in [0.2, 0.25) is 11.8 Å². The molecule has 1 aliphatic heterocycles. The molecule has 2 aliphatic rings. The summed E-state index contributed by atoms with van der Waals surface area (Å²) >= 11 is 0. The number of hydrogen-bond acceptors (Lipinski definition) is 4. The van der Waals surface area contributed by atoms with E-state index in [1.165, 1.54) is 32.8 Å². The lowest BCUT2D eigenvalue weighted by Gasteiger charge is -2.27. The first-order valence-electron chi connectivity index (χ1n) is 8.76. The molecule has 1 saturated carbocycles. The molecule has 0 aromatic heterocycles. The Labute approximate surface area is 137 Å². The summed E-state index contributed by atoms with van der Waals surface area (Å²) in [5, 5.41) is 2.93. The maximum absolute atomic E-state index is 12.2. The fraction of sp³-hybridized carbons (Fsp3) is 0.824. The Kier molecular flexibility index (Phi) is 6.86. The van der Waals surface area contributed by atoms with Crippen molar-refractivity contribution in [2.24, 2.45) is 0 Å². The van der Waals surface area contributed by atoms with Gasteiger partial charge in [0.05, 0.1) is 13.2 Å². The van der Waals surface area contributed by atoms with Crippen molar-refractivity contribution in [2.45, 2.75) is 76.3 Å². The van der Waals surface area contributed by atoms with E-state index in [0.717, 1.165) is 12.8 Å². The van der Waals surface area contributed by atoms with Crippen LogP contribution >= 0.6 is 0 Å². The lowest BCUT2D eigenvalue weighted by atomic mass is 10.1. The number of rotatable bonds is 6. The van der Waals surface area contributed by atoms with Crippen molar-refractivity contribution in [3.63, 3.8) is 0 Å². The molecular formula is C17H28N2O4. The molecule has 1 aliphatic carbocycles. The van der Waals surface area contributed by atoms with Gasteiger partial charge >= 0.3 is 5.97 Å². The number of methoxy groups -OCH3 is 1. The van der Waals surface area contributed by atoms with Gasteiger partial charge in [0.1, 0.15) is 0 Å². The lowest BCUT2D eigenvalue weighted by Crippen LogP contribution is -2.40. The number of carbonyl (C=O) groups is 3. The van der Waals surface area contributed by atoms with E-state index in [2.05, 4.69) is 10.1 Å². The van der Waals surface area contributed by atoms with Crippen LogP contribution in [0.3, 0.4) is 0 Å². The fourth-order valence-corrected chi connectivity index (χ4v) is 3.55. The summed E-state index contributed by atoms with van der Waals surface area (Å²) < 4.78 is 4.55. The Bertz CT molecular complexity index is 430. The number of nitrogens with zero attached hydrogens (tertiary/aromatic N) is 1. The number of esters is 1. The van der Waals surface area contributed by atoms with Gasteiger partial charge in [-0.1, -0.05) is 25.7 Å². The normalized spacial score (nSPS) is 22.7. The number of hydrogen-bond donors (Lipinski definition) is 1. The highest BCUT2D eigenvalue weighted by Gasteiger charge is 2.34. The van der Waals surface area contributed by atoms with Gasteiger partial charge in [0.15, 0.2) is 0 Å². The van der Waals surface area contributed by atoms with Crippen molar-refractivity contribution in [3.8, 4) is 0 Å². The van der Waals surface area contributed by atoms with Gasteiger partial charge < -0.3 is 15.0 Å². The predicted molar refractivity (Wildman–Crippen MR) is 85.6 cm³/mol. The summed E-state index contributed by atoms with van der Waals surface area (Å²) in [4.78, 5) is 37.2. The van der Waals surface area contributed by atoms with Crippen LogP contribution in [0.2, 0.25) is 0 Å². The van der Waals surface area contributed by atoms with Crippen LogP contribution in [0.5, 0.6) is 0 Å². The minimum absolute atomic E-state index is 0.0867. The summed E-state index contributed by atoms with van der Waals surface area (Å²) in [5.41, 5.74) is 0. The molecule has 1 N–H and O–H groups in total. The van der Waals surface area contributed by atoms with Gasteiger partial charge in [-0.3, -0.25) is 14.4 Å². The Morgan fingerprint density at radius 1 is 1.17 bits per heavy atom. The van der Waals surface area contributed by atoms with Crippen molar-refractivity contribution < 1.29 is 19.1 Å². The molecule has 1 atom stereocenters. The largest absolute Gasteiger partial charge is 0.469 e. The smallest absolute Gasteiger partial charge is 0.305 e. The Hall–Kier alpha value is -1.59. The van der Waals surface area contributed by atoms with E-state index in [1.54, 1.807) is 0 Å². The van der Waals surface area contributed by atoms with Crippen LogP contribution in [-0.2, 0) is 19.1 Å². The van der Waals surface area contributed by atoms with E-state index in [-0.39, 0.29) is 30.2 Å². The SMILES string of the molecule is COC(=O)CCCC(=O)N[C@H]1CC(=O)N(C2CCCCCC2)C1. The Morgan fingerprint density at radius 3 is 2.52 bits per heavy atom. The molecule has 2 fully saturated rings. The quantitative estimate of drug-likeness (QED) is 0.597. The molecule has 0 bridgehead atoms. The first-order valence-corrected chi connectivity index (χ1v) is 8.76. The molecule has 130 valence electrons. The van der Waals surface area contributed by atoms with Gasteiger partial charge in [-0.25, -0.2) is 0 Å². The van der Waals surface area contributed by atoms with Crippen LogP contribution in [0, 0.1) is 0 Å². The Balaban J connectivity index is 1.73. The average Bonchev–Trinajstić information content (AvgIpc) is 2.74. The first kappa shape index (κ1) is 17.8. The molecule has 0 aromatic carbocycles. The highest BCUT2D eigenvalue weighted by molar-refractivity contribution is 5.82. The van der Waals surface area contributed by atoms with E-state index >= 15 is 0 Å². The zero-order valence-electron chi connectivity index (χ0n) is 14.0. The number of likely N-dealkylation sites (tertiary alicyclic amines) is 1. The van der Waals surface area contributed by atoms with E-state index < -0.39 is 0 Å². The van der Waals surface area contributed by atoms with Gasteiger partial charge in [-0.2, -0.15) is 0 Å². The molecule has 2 amide bonds. The van der Waals surface area contributed by atoms with Crippen molar-refractivity contribution in [3.05, 3.63) is 0 Å². The molecule has 0 spiro atoms. The standard InChI is InChI=1S/C17H28N2O4/c1-23-17(22)10-6-9-15(20)18-13-11-16(21)19(12-13)14-7-4-2-3-5-8-14/h13-14H,2-12H2,1H3,(H,18,20)/t13-/m0/s1. The van der Waals surface area contributed by atoms with Crippen molar-refractivity contribution in [1.82, 2.24) is 10.2 Å². The van der Waals surface area contributed by atoms with Crippen LogP contribution in [0.1, 0.15) is 64.2 Å². The second kappa shape index (κ2) is 8.89. The monoisotopic (exact) mass is 324 g/mol. The Morgan fingerprint density at radius 2 is 1.87 bits per heavy atom. The predicted octanol–water partition coefficient (Wildman–Crippen LogP) is 1.77. The molecule has 2 rings (SSSR count). The third-order valence-electron chi connectivity index (χ3n) is 4.80. The minimum Gasteiger partial charge on any atom is -0.469 e. The van der Waals surface area contributed by atoms with E-state index in [9.17, 15) is 14.4 Å². The molecule has 1 saturated heterocycles. The summed E-state index contributed by atoms with van der Waals surface area (Å²) in [5.74, 6) is -0.223. The molecule has 0 radical (unpaired) electrons. The van der Waals surface area contributed by atoms with Crippen LogP contribution in [0.4, 0.5) is 0 Å². The maximum atomic E-state index is 12.2. The molecule has 1 heterocycles. The van der Waals surface area contributed by atoms with Crippen molar-refractivity contribution in [2.75, 3.05) is 13.7 Å². The van der Waals surface area contributed by atoms with Gasteiger partial charge in [0.25, 0.3) is 0 Å². The molecule has 6 nitrogen and oxygen atoms in total. The molecule has 0 aromatic rings. The second-order valence-corrected chi connectivity index (χ2v) is 6.59. The number of carbonyl (C=O) groups excluding carboxylic acids is 3. The number of nitrogens with one attached hydrogen (secondary N) is 1. The van der Waals surface area contributed by atoms with Crippen molar-refractivity contribution >= 4 is 17.8 Å². The summed E-state index contributed by atoms with van der Waals surface area (Å²) in [6.07, 6.45) is 8.52. The fourth-order valence-electron chi connectivity index (χ4n) is 3.55. The zero-order chi connectivity index (χ0) is 16.7. The van der Waals surface area contributed by atoms with E-state index in [1.807, 2.05) is 4.90 Å².